The van der Waals surface area contributed by atoms with E-state index in [0.717, 1.165) is 0 Å². The summed E-state index contributed by atoms with van der Waals surface area (Å²) in [6.45, 7) is 31.1. The van der Waals surface area contributed by atoms with Gasteiger partial charge in [-0.05, 0) is 145 Å². The Kier molecular flexibility index (Phi) is 8.20. The maximum Gasteiger partial charge on any atom is 0.264 e. The van der Waals surface area contributed by atoms with Crippen molar-refractivity contribution in [2.24, 2.45) is 0 Å². The molecule has 62 heavy (non-hydrogen) atoms. The van der Waals surface area contributed by atoms with E-state index in [2.05, 4.69) is 209 Å². The van der Waals surface area contributed by atoms with Crippen molar-refractivity contribution in [3.63, 3.8) is 0 Å². The van der Waals surface area contributed by atoms with Gasteiger partial charge in [0.1, 0.15) is 0 Å². The molecule has 11 rings (SSSR count). The first kappa shape index (κ1) is 39.8. The van der Waals surface area contributed by atoms with Crippen molar-refractivity contribution in [2.75, 3.05) is 9.80 Å². The highest BCUT2D eigenvalue weighted by Crippen LogP contribution is 2.56. The number of fused-ring (bicyclic) bond motifs is 10. The van der Waals surface area contributed by atoms with E-state index in [4.69, 9.17) is 0 Å². The third-order valence-corrected chi connectivity index (χ3v) is 16.7. The Morgan fingerprint density at radius 1 is 0.565 bits per heavy atom. The fourth-order valence-electron chi connectivity index (χ4n) is 11.7. The second kappa shape index (κ2) is 12.8. The standard InChI is InChI=1S/C58H61BN2S/c1-34-29-47-51-48(30-34)61(46-20-16-19-41-50(46)38-17-14-15-18-40(38)58(41,12)13)45-26-23-36(55(5,6)7)31-44(45)59(51)53-52(60(47)37-24-21-35(22-25-37)54(2,3)4)39-32-42-43(33-49(39)62-53)57(10,11)28-27-56(42,8)9/h14-26,29-33H,27-28H2,1-13H3. The number of nitrogens with zero attached hydrogens (tertiary/aromatic N) is 2. The van der Waals surface area contributed by atoms with Crippen molar-refractivity contribution in [3.05, 3.63) is 148 Å². The summed E-state index contributed by atoms with van der Waals surface area (Å²) in [6.07, 6.45) is 2.40. The molecule has 0 spiro atoms. The molecule has 4 heteroatoms. The van der Waals surface area contributed by atoms with Crippen molar-refractivity contribution in [3.8, 4) is 11.1 Å². The van der Waals surface area contributed by atoms with Crippen molar-refractivity contribution < 1.29 is 0 Å². The average molecular weight is 829 g/mol. The summed E-state index contributed by atoms with van der Waals surface area (Å²) >= 11 is 2.05. The number of anilines is 6. The van der Waals surface area contributed by atoms with Crippen molar-refractivity contribution >= 4 is 78.0 Å². The maximum absolute atomic E-state index is 2.67. The van der Waals surface area contributed by atoms with Crippen molar-refractivity contribution in [1.82, 2.24) is 0 Å². The van der Waals surface area contributed by atoms with E-state index in [1.54, 1.807) is 0 Å². The number of hydrogen-bond donors (Lipinski definition) is 0. The highest BCUT2D eigenvalue weighted by atomic mass is 32.1. The van der Waals surface area contributed by atoms with Crippen LogP contribution in [-0.4, -0.2) is 6.71 Å². The van der Waals surface area contributed by atoms with E-state index in [-0.39, 0.29) is 33.8 Å². The molecule has 0 saturated heterocycles. The molecule has 3 heterocycles. The highest BCUT2D eigenvalue weighted by Gasteiger charge is 2.48. The molecule has 312 valence electrons. The molecule has 0 unspecified atom stereocenters. The minimum atomic E-state index is -0.102. The molecular formula is C58H61BN2S. The molecule has 0 N–H and O–H groups in total. The lowest BCUT2D eigenvalue weighted by atomic mass is 9.36. The van der Waals surface area contributed by atoms with Gasteiger partial charge >= 0.3 is 0 Å². The molecule has 0 atom stereocenters. The summed E-state index contributed by atoms with van der Waals surface area (Å²) in [4.78, 5) is 5.32. The quantitative estimate of drug-likeness (QED) is 0.160. The molecule has 1 aromatic heterocycles. The first-order chi connectivity index (χ1) is 29.2. The zero-order chi connectivity index (χ0) is 43.6. The van der Waals surface area contributed by atoms with Gasteiger partial charge in [-0.2, -0.15) is 0 Å². The lowest BCUT2D eigenvalue weighted by Crippen LogP contribution is -2.60. The van der Waals surface area contributed by atoms with Crippen LogP contribution in [0.3, 0.4) is 0 Å². The van der Waals surface area contributed by atoms with E-state index in [1.165, 1.54) is 123 Å². The monoisotopic (exact) mass is 828 g/mol. The molecule has 0 amide bonds. The Labute approximate surface area is 375 Å². The zero-order valence-corrected chi connectivity index (χ0v) is 40.0. The van der Waals surface area contributed by atoms with Gasteiger partial charge in [-0.25, -0.2) is 0 Å². The molecule has 0 fully saturated rings. The van der Waals surface area contributed by atoms with Crippen LogP contribution in [0.15, 0.2) is 109 Å². The molecule has 0 saturated carbocycles. The Morgan fingerprint density at radius 3 is 1.85 bits per heavy atom. The van der Waals surface area contributed by atoms with Crippen LogP contribution in [0.25, 0.3) is 21.2 Å². The molecule has 7 aromatic rings. The smallest absolute Gasteiger partial charge is 0.264 e. The van der Waals surface area contributed by atoms with E-state index < -0.39 is 0 Å². The number of rotatable bonds is 2. The molecule has 0 radical (unpaired) electrons. The third-order valence-electron chi connectivity index (χ3n) is 15.5. The predicted octanol–water partition coefficient (Wildman–Crippen LogP) is 14.5. The van der Waals surface area contributed by atoms with Crippen LogP contribution in [0.2, 0.25) is 0 Å². The second-order valence-electron chi connectivity index (χ2n) is 23.0. The lowest BCUT2D eigenvalue weighted by molar-refractivity contribution is 0.332. The van der Waals surface area contributed by atoms with Crippen LogP contribution in [0, 0.1) is 6.92 Å². The molecule has 6 aromatic carbocycles. The summed E-state index contributed by atoms with van der Waals surface area (Å²) < 4.78 is 2.85. The fraction of sp³-hybridized carbons (Fsp3) is 0.345. The number of thiophene rings is 1. The molecular weight excluding hydrogens is 768 g/mol. The largest absolute Gasteiger partial charge is 0.311 e. The van der Waals surface area contributed by atoms with Crippen LogP contribution in [0.4, 0.5) is 34.1 Å². The summed E-state index contributed by atoms with van der Waals surface area (Å²) in [7, 11) is 0. The Hall–Kier alpha value is -5.06. The number of aryl methyl sites for hydroxylation is 1. The van der Waals surface area contributed by atoms with Crippen molar-refractivity contribution in [2.45, 2.75) is 130 Å². The van der Waals surface area contributed by atoms with Gasteiger partial charge in [-0.1, -0.05) is 144 Å². The van der Waals surface area contributed by atoms with Gasteiger partial charge in [-0.15, -0.1) is 11.3 Å². The molecule has 4 aliphatic rings. The summed E-state index contributed by atoms with van der Waals surface area (Å²) in [5.74, 6) is 0. The lowest BCUT2D eigenvalue weighted by Gasteiger charge is -2.44. The van der Waals surface area contributed by atoms with E-state index >= 15 is 0 Å². The van der Waals surface area contributed by atoms with E-state index in [0.29, 0.717) is 0 Å². The normalized spacial score (nSPS) is 17.6. The Morgan fingerprint density at radius 2 is 1.18 bits per heavy atom. The average Bonchev–Trinajstić information content (AvgIpc) is 3.70. The first-order valence-electron chi connectivity index (χ1n) is 23.0. The molecule has 2 aliphatic carbocycles. The minimum absolute atomic E-state index is 0.0120. The third kappa shape index (κ3) is 5.54. The number of hydrogen-bond acceptors (Lipinski definition) is 3. The highest BCUT2D eigenvalue weighted by molar-refractivity contribution is 7.33. The van der Waals surface area contributed by atoms with Crippen LogP contribution in [0.5, 0.6) is 0 Å². The minimum Gasteiger partial charge on any atom is -0.311 e. The number of benzene rings is 6. The van der Waals surface area contributed by atoms with E-state index in [1.807, 2.05) is 11.3 Å². The van der Waals surface area contributed by atoms with Crippen LogP contribution in [0.1, 0.15) is 135 Å². The van der Waals surface area contributed by atoms with Gasteiger partial charge in [-0.3, -0.25) is 0 Å². The first-order valence-corrected chi connectivity index (χ1v) is 23.8. The molecule has 2 nitrogen and oxygen atoms in total. The summed E-state index contributed by atoms with van der Waals surface area (Å²) in [5, 5.41) is 1.39. The van der Waals surface area contributed by atoms with Gasteiger partial charge < -0.3 is 9.80 Å². The van der Waals surface area contributed by atoms with Crippen LogP contribution >= 0.6 is 11.3 Å². The molecule has 0 bridgehead atoms. The maximum atomic E-state index is 2.67. The van der Waals surface area contributed by atoms with Gasteiger partial charge in [0.05, 0.1) is 11.4 Å². The Bertz CT molecular complexity index is 3040. The van der Waals surface area contributed by atoms with Crippen molar-refractivity contribution in [1.29, 1.82) is 0 Å². The SMILES string of the molecule is Cc1cc2c3c(c1)N(c1ccc(C(C)(C)C)cc1)c1c(sc4cc5c(cc14)C(C)(C)CCC5(C)C)B3c1cc(C(C)(C)C)ccc1N2c1cccc2c1-c1ccccc1C2(C)C. The topological polar surface area (TPSA) is 6.48 Å². The molecule has 2 aliphatic heterocycles. The van der Waals surface area contributed by atoms with E-state index in [9.17, 15) is 0 Å². The van der Waals surface area contributed by atoms with Gasteiger partial charge in [0.2, 0.25) is 0 Å². The summed E-state index contributed by atoms with van der Waals surface area (Å²) in [6, 6.07) is 43.4. The second-order valence-corrected chi connectivity index (χ2v) is 24.1. The fourth-order valence-corrected chi connectivity index (χ4v) is 13.0. The van der Waals surface area contributed by atoms with Crippen LogP contribution in [-0.2, 0) is 27.1 Å². The van der Waals surface area contributed by atoms with Gasteiger partial charge in [0.15, 0.2) is 0 Å². The predicted molar refractivity (Wildman–Crippen MR) is 271 cm³/mol. The van der Waals surface area contributed by atoms with Gasteiger partial charge in [0.25, 0.3) is 6.71 Å². The Balaban J connectivity index is 1.27. The van der Waals surface area contributed by atoms with Crippen LogP contribution < -0.4 is 25.5 Å². The summed E-state index contributed by atoms with van der Waals surface area (Å²) in [5.41, 5.74) is 23.3. The van der Waals surface area contributed by atoms with Gasteiger partial charge in [0, 0.05) is 48.6 Å². The zero-order valence-electron chi connectivity index (χ0n) is 39.2.